The quantitative estimate of drug-likeness (QED) is 0.408. The van der Waals surface area contributed by atoms with Crippen molar-refractivity contribution < 1.29 is 9.53 Å². The Balaban J connectivity index is 1.67. The third kappa shape index (κ3) is 7.76. The molecule has 1 aliphatic carbocycles. The zero-order valence-corrected chi connectivity index (χ0v) is 21.4. The molecule has 0 heterocycles. The first kappa shape index (κ1) is 26.1. The van der Waals surface area contributed by atoms with E-state index in [0.29, 0.717) is 24.9 Å². The van der Waals surface area contributed by atoms with Gasteiger partial charge in [-0.05, 0) is 73.8 Å². The fourth-order valence-electron chi connectivity index (χ4n) is 4.47. The van der Waals surface area contributed by atoms with E-state index >= 15 is 0 Å². The number of nitrogens with two attached hydrogens (primary N) is 1. The Bertz CT molecular complexity index is 876. The highest BCUT2D eigenvalue weighted by molar-refractivity contribution is 5.82. The van der Waals surface area contributed by atoms with Gasteiger partial charge in [0.2, 0.25) is 5.91 Å². The second-order valence-electron chi connectivity index (χ2n) is 10.7. The molecular weight excluding hydrogens is 422 g/mol. The van der Waals surface area contributed by atoms with Crippen molar-refractivity contribution in [1.82, 2.24) is 5.32 Å². The molecule has 0 spiro atoms. The summed E-state index contributed by atoms with van der Waals surface area (Å²) in [5.41, 5.74) is 8.33. The van der Waals surface area contributed by atoms with E-state index < -0.39 is 6.04 Å². The number of nitrogens with one attached hydrogen (secondary N) is 1. The fourth-order valence-corrected chi connectivity index (χ4v) is 4.47. The van der Waals surface area contributed by atoms with Gasteiger partial charge < -0.3 is 20.7 Å². The van der Waals surface area contributed by atoms with Crippen LogP contribution in [0.5, 0.6) is 5.75 Å². The van der Waals surface area contributed by atoms with Crippen LogP contribution in [0, 0.1) is 11.8 Å². The molecular formula is C29H43N3O2. The summed E-state index contributed by atoms with van der Waals surface area (Å²) in [6.07, 6.45) is 4.96. The van der Waals surface area contributed by atoms with Gasteiger partial charge in [-0.25, -0.2) is 0 Å². The fraction of sp³-hybridized carbons (Fsp3) is 0.552. The Kier molecular flexibility index (Phi) is 9.40. The SMILES string of the molecule is CC(C)CCN(CC1(NC(=O)C(N)CC(C)C)CCC1)c1ccc(OCc2ccccc2)cc1. The summed E-state index contributed by atoms with van der Waals surface area (Å²) >= 11 is 0. The van der Waals surface area contributed by atoms with Crippen molar-refractivity contribution in [3.8, 4) is 5.75 Å². The molecule has 1 amide bonds. The maximum Gasteiger partial charge on any atom is 0.237 e. The number of carbonyl (C=O) groups excluding carboxylic acids is 1. The monoisotopic (exact) mass is 465 g/mol. The topological polar surface area (TPSA) is 67.6 Å². The Hall–Kier alpha value is -2.53. The van der Waals surface area contributed by atoms with Gasteiger partial charge in [0.15, 0.2) is 0 Å². The normalized spacial score (nSPS) is 15.6. The molecule has 3 N–H and O–H groups in total. The minimum Gasteiger partial charge on any atom is -0.489 e. The van der Waals surface area contributed by atoms with E-state index in [2.05, 4.69) is 62.2 Å². The van der Waals surface area contributed by atoms with Crippen LogP contribution >= 0.6 is 0 Å². The first-order valence-electron chi connectivity index (χ1n) is 12.9. The van der Waals surface area contributed by atoms with Gasteiger partial charge in [0.1, 0.15) is 12.4 Å². The van der Waals surface area contributed by atoms with Gasteiger partial charge in [0.25, 0.3) is 0 Å². The number of amides is 1. The molecule has 1 fully saturated rings. The molecule has 1 saturated carbocycles. The number of benzene rings is 2. The summed E-state index contributed by atoms with van der Waals surface area (Å²) in [4.78, 5) is 15.3. The summed E-state index contributed by atoms with van der Waals surface area (Å²) in [5.74, 6) is 1.87. The zero-order chi connectivity index (χ0) is 24.6. The van der Waals surface area contributed by atoms with Crippen LogP contribution in [0.2, 0.25) is 0 Å². The van der Waals surface area contributed by atoms with Crippen molar-refractivity contribution in [1.29, 1.82) is 0 Å². The molecule has 0 aliphatic heterocycles. The number of carbonyl (C=O) groups is 1. The van der Waals surface area contributed by atoms with E-state index in [1.807, 2.05) is 30.3 Å². The van der Waals surface area contributed by atoms with Crippen LogP contribution in [0.1, 0.15) is 65.4 Å². The molecule has 2 aromatic carbocycles. The second kappa shape index (κ2) is 12.3. The van der Waals surface area contributed by atoms with Crippen LogP contribution in [0.3, 0.4) is 0 Å². The highest BCUT2D eigenvalue weighted by Gasteiger charge is 2.40. The molecule has 0 bridgehead atoms. The molecule has 34 heavy (non-hydrogen) atoms. The Morgan fingerprint density at radius 2 is 1.71 bits per heavy atom. The summed E-state index contributed by atoms with van der Waals surface area (Å²) < 4.78 is 5.98. The Morgan fingerprint density at radius 1 is 1.03 bits per heavy atom. The minimum absolute atomic E-state index is 0.0122. The van der Waals surface area contributed by atoms with Gasteiger partial charge in [-0.15, -0.1) is 0 Å². The maximum absolute atomic E-state index is 12.8. The zero-order valence-electron chi connectivity index (χ0n) is 21.4. The second-order valence-corrected chi connectivity index (χ2v) is 10.7. The van der Waals surface area contributed by atoms with Gasteiger partial charge in [-0.1, -0.05) is 58.0 Å². The molecule has 2 aromatic rings. The van der Waals surface area contributed by atoms with Gasteiger partial charge in [0.05, 0.1) is 11.6 Å². The smallest absolute Gasteiger partial charge is 0.237 e. The number of rotatable bonds is 13. The lowest BCUT2D eigenvalue weighted by molar-refractivity contribution is -0.125. The highest BCUT2D eigenvalue weighted by atomic mass is 16.5. The minimum atomic E-state index is -0.442. The third-order valence-electron chi connectivity index (χ3n) is 6.68. The molecule has 5 nitrogen and oxygen atoms in total. The van der Waals surface area contributed by atoms with Crippen molar-refractivity contribution in [2.45, 2.75) is 78.0 Å². The molecule has 0 saturated heterocycles. The molecule has 0 aromatic heterocycles. The number of hydrogen-bond donors (Lipinski definition) is 2. The van der Waals surface area contributed by atoms with E-state index in [4.69, 9.17) is 10.5 Å². The van der Waals surface area contributed by atoms with Crippen LogP contribution in [-0.2, 0) is 11.4 Å². The molecule has 3 rings (SSSR count). The summed E-state index contributed by atoms with van der Waals surface area (Å²) in [6, 6.07) is 18.1. The number of anilines is 1. The molecule has 5 heteroatoms. The number of nitrogens with zero attached hydrogens (tertiary/aromatic N) is 1. The molecule has 1 unspecified atom stereocenters. The summed E-state index contributed by atoms with van der Waals surface area (Å²) in [6.45, 7) is 11.0. The maximum atomic E-state index is 12.8. The summed E-state index contributed by atoms with van der Waals surface area (Å²) in [7, 11) is 0. The lowest BCUT2D eigenvalue weighted by Crippen LogP contribution is -2.62. The average molecular weight is 466 g/mol. The van der Waals surface area contributed by atoms with Crippen LogP contribution in [0.4, 0.5) is 5.69 Å². The van der Waals surface area contributed by atoms with Crippen LogP contribution in [-0.4, -0.2) is 30.6 Å². The van der Waals surface area contributed by atoms with Crippen molar-refractivity contribution >= 4 is 11.6 Å². The lowest BCUT2D eigenvalue weighted by Gasteiger charge is -2.47. The number of ether oxygens (including phenoxy) is 1. The predicted octanol–water partition coefficient (Wildman–Crippen LogP) is 5.53. The predicted molar refractivity (Wildman–Crippen MR) is 141 cm³/mol. The van der Waals surface area contributed by atoms with Gasteiger partial charge >= 0.3 is 0 Å². The van der Waals surface area contributed by atoms with Crippen molar-refractivity contribution in [2.24, 2.45) is 17.6 Å². The standard InChI is InChI=1S/C29H43N3O2/c1-22(2)15-18-32(21-29(16-8-17-29)31-28(33)27(30)19-23(3)4)25-11-13-26(14-12-25)34-20-24-9-6-5-7-10-24/h5-7,9-14,22-23,27H,8,15-21,30H2,1-4H3,(H,31,33). The molecule has 1 atom stereocenters. The molecule has 1 aliphatic rings. The van der Waals surface area contributed by atoms with E-state index in [9.17, 15) is 4.79 Å². The van der Waals surface area contributed by atoms with Crippen LogP contribution in [0.15, 0.2) is 54.6 Å². The van der Waals surface area contributed by atoms with Gasteiger partial charge in [0, 0.05) is 18.8 Å². The van der Waals surface area contributed by atoms with Crippen molar-refractivity contribution in [3.05, 3.63) is 60.2 Å². The van der Waals surface area contributed by atoms with E-state index in [-0.39, 0.29) is 11.4 Å². The first-order valence-corrected chi connectivity index (χ1v) is 12.9. The lowest BCUT2D eigenvalue weighted by atomic mass is 9.75. The Labute approximate surface area is 206 Å². The molecule has 186 valence electrons. The van der Waals surface area contributed by atoms with E-state index in [1.54, 1.807) is 0 Å². The number of hydrogen-bond acceptors (Lipinski definition) is 4. The largest absolute Gasteiger partial charge is 0.489 e. The third-order valence-corrected chi connectivity index (χ3v) is 6.68. The van der Waals surface area contributed by atoms with Crippen molar-refractivity contribution in [2.75, 3.05) is 18.0 Å². The summed E-state index contributed by atoms with van der Waals surface area (Å²) in [5, 5.41) is 3.34. The van der Waals surface area contributed by atoms with Crippen LogP contribution in [0.25, 0.3) is 0 Å². The van der Waals surface area contributed by atoms with E-state index in [0.717, 1.165) is 50.1 Å². The van der Waals surface area contributed by atoms with Gasteiger partial charge in [-0.3, -0.25) is 4.79 Å². The highest BCUT2D eigenvalue weighted by Crippen LogP contribution is 2.35. The molecule has 0 radical (unpaired) electrons. The Morgan fingerprint density at radius 3 is 2.26 bits per heavy atom. The first-order chi connectivity index (χ1) is 16.3. The van der Waals surface area contributed by atoms with Crippen molar-refractivity contribution in [3.63, 3.8) is 0 Å². The van der Waals surface area contributed by atoms with Gasteiger partial charge in [-0.2, -0.15) is 0 Å². The van der Waals surface area contributed by atoms with Crippen LogP contribution < -0.4 is 20.7 Å². The van der Waals surface area contributed by atoms with E-state index in [1.165, 1.54) is 5.69 Å². The average Bonchev–Trinajstić information content (AvgIpc) is 2.79.